The highest BCUT2D eigenvalue weighted by molar-refractivity contribution is 5.69. The summed E-state index contributed by atoms with van der Waals surface area (Å²) in [5.41, 5.74) is 0.321. The predicted octanol–water partition coefficient (Wildman–Crippen LogP) is 1.74. The summed E-state index contributed by atoms with van der Waals surface area (Å²) in [5.74, 6) is -0.0497. The number of aliphatic hydroxyl groups excluding tert-OH is 1. The number of carbonyl (C=O) groups excluding carboxylic acids is 1. The Morgan fingerprint density at radius 1 is 1.64 bits per heavy atom. The van der Waals surface area contributed by atoms with Crippen LogP contribution in [0.4, 0.5) is 0 Å². The molecule has 1 aliphatic carbocycles. The molecule has 0 saturated heterocycles. The topological polar surface area (TPSA) is 46.5 Å². The third-order valence-electron chi connectivity index (χ3n) is 3.15. The average Bonchev–Trinajstić information content (AvgIpc) is 2.46. The molecular formula is C11H20O3. The van der Waals surface area contributed by atoms with Gasteiger partial charge in [-0.25, -0.2) is 0 Å². The SMILES string of the molecule is COC(=O)C[C@H](O)C1CCC(C)(C)C1. The van der Waals surface area contributed by atoms with Crippen molar-refractivity contribution in [2.45, 2.75) is 45.6 Å². The lowest BCUT2D eigenvalue weighted by atomic mass is 9.88. The lowest BCUT2D eigenvalue weighted by Crippen LogP contribution is -2.23. The fourth-order valence-corrected chi connectivity index (χ4v) is 2.24. The van der Waals surface area contributed by atoms with Gasteiger partial charge in [-0.2, -0.15) is 0 Å². The standard InChI is InChI=1S/C11H20O3/c1-11(2)5-4-8(7-11)9(12)6-10(13)14-3/h8-9,12H,4-7H2,1-3H3/t8?,9-/m0/s1. The van der Waals surface area contributed by atoms with Crippen LogP contribution in [0.15, 0.2) is 0 Å². The smallest absolute Gasteiger partial charge is 0.308 e. The van der Waals surface area contributed by atoms with Crippen LogP contribution in [-0.4, -0.2) is 24.3 Å². The summed E-state index contributed by atoms with van der Waals surface area (Å²) in [4.78, 5) is 11.0. The molecule has 3 heteroatoms. The predicted molar refractivity (Wildman–Crippen MR) is 53.8 cm³/mol. The lowest BCUT2D eigenvalue weighted by molar-refractivity contribution is -0.143. The van der Waals surface area contributed by atoms with Gasteiger partial charge in [-0.1, -0.05) is 13.8 Å². The number of esters is 1. The van der Waals surface area contributed by atoms with Crippen LogP contribution in [0.1, 0.15) is 39.5 Å². The molecule has 1 rings (SSSR count). The second kappa shape index (κ2) is 4.30. The lowest BCUT2D eigenvalue weighted by Gasteiger charge is -2.20. The molecule has 3 nitrogen and oxygen atoms in total. The molecule has 2 atom stereocenters. The number of hydrogen-bond acceptors (Lipinski definition) is 3. The largest absolute Gasteiger partial charge is 0.469 e. The molecule has 0 aliphatic heterocycles. The van der Waals surface area contributed by atoms with Crippen molar-refractivity contribution in [1.82, 2.24) is 0 Å². The molecule has 0 aromatic rings. The van der Waals surface area contributed by atoms with Crippen LogP contribution < -0.4 is 0 Å². The maximum Gasteiger partial charge on any atom is 0.308 e. The molecule has 82 valence electrons. The first-order valence-electron chi connectivity index (χ1n) is 5.19. The summed E-state index contributed by atoms with van der Waals surface area (Å²) >= 11 is 0. The zero-order chi connectivity index (χ0) is 10.8. The Morgan fingerprint density at radius 3 is 2.71 bits per heavy atom. The van der Waals surface area contributed by atoms with Crippen molar-refractivity contribution in [2.24, 2.45) is 11.3 Å². The highest BCUT2D eigenvalue weighted by Gasteiger charge is 2.35. The Kier molecular flexibility index (Phi) is 3.53. The van der Waals surface area contributed by atoms with Crippen molar-refractivity contribution in [2.75, 3.05) is 7.11 Å². The maximum absolute atomic E-state index is 11.0. The van der Waals surface area contributed by atoms with E-state index in [1.807, 2.05) is 0 Å². The van der Waals surface area contributed by atoms with Gasteiger partial charge in [-0.3, -0.25) is 4.79 Å². The molecule has 0 heterocycles. The van der Waals surface area contributed by atoms with Gasteiger partial charge in [0.1, 0.15) is 0 Å². The zero-order valence-electron chi connectivity index (χ0n) is 9.25. The normalized spacial score (nSPS) is 27.3. The summed E-state index contributed by atoms with van der Waals surface area (Å²) in [7, 11) is 1.35. The van der Waals surface area contributed by atoms with Crippen molar-refractivity contribution in [3.05, 3.63) is 0 Å². The molecule has 14 heavy (non-hydrogen) atoms. The minimum absolute atomic E-state index is 0.136. The van der Waals surface area contributed by atoms with Crippen molar-refractivity contribution >= 4 is 5.97 Å². The molecular weight excluding hydrogens is 180 g/mol. The Balaban J connectivity index is 2.39. The van der Waals surface area contributed by atoms with Crippen molar-refractivity contribution in [3.63, 3.8) is 0 Å². The van der Waals surface area contributed by atoms with E-state index in [-0.39, 0.29) is 18.3 Å². The quantitative estimate of drug-likeness (QED) is 0.706. The summed E-state index contributed by atoms with van der Waals surface area (Å²) in [6.45, 7) is 4.41. The van der Waals surface area contributed by atoms with Crippen molar-refractivity contribution < 1.29 is 14.6 Å². The van der Waals surface area contributed by atoms with E-state index in [2.05, 4.69) is 18.6 Å². The number of methoxy groups -OCH3 is 1. The Morgan fingerprint density at radius 2 is 2.29 bits per heavy atom. The molecule has 0 radical (unpaired) electrons. The highest BCUT2D eigenvalue weighted by atomic mass is 16.5. The number of aliphatic hydroxyl groups is 1. The minimum atomic E-state index is -0.524. The summed E-state index contributed by atoms with van der Waals surface area (Å²) in [6, 6.07) is 0. The van der Waals surface area contributed by atoms with Crippen LogP contribution in [0.5, 0.6) is 0 Å². The molecule has 0 aromatic heterocycles. The summed E-state index contributed by atoms with van der Waals surface area (Å²) in [5, 5.41) is 9.78. The molecule has 1 fully saturated rings. The van der Waals surface area contributed by atoms with Gasteiger partial charge < -0.3 is 9.84 Å². The van der Waals surface area contributed by atoms with Crippen molar-refractivity contribution in [3.8, 4) is 0 Å². The van der Waals surface area contributed by atoms with Gasteiger partial charge in [-0.05, 0) is 30.6 Å². The number of carbonyl (C=O) groups is 1. The third-order valence-corrected chi connectivity index (χ3v) is 3.15. The van der Waals surface area contributed by atoms with Crippen LogP contribution in [-0.2, 0) is 9.53 Å². The van der Waals surface area contributed by atoms with Crippen molar-refractivity contribution in [1.29, 1.82) is 0 Å². The molecule has 0 bridgehead atoms. The van der Waals surface area contributed by atoms with E-state index in [4.69, 9.17) is 0 Å². The first-order valence-corrected chi connectivity index (χ1v) is 5.19. The van der Waals surface area contributed by atoms with Crippen LogP contribution in [0.25, 0.3) is 0 Å². The molecule has 1 N–H and O–H groups in total. The minimum Gasteiger partial charge on any atom is -0.469 e. The van der Waals surface area contributed by atoms with E-state index < -0.39 is 6.10 Å². The van der Waals surface area contributed by atoms with Gasteiger partial charge in [-0.15, -0.1) is 0 Å². The monoisotopic (exact) mass is 200 g/mol. The molecule has 1 saturated carbocycles. The molecule has 0 amide bonds. The van der Waals surface area contributed by atoms with Crippen LogP contribution >= 0.6 is 0 Å². The van der Waals surface area contributed by atoms with E-state index in [1.54, 1.807) is 0 Å². The highest BCUT2D eigenvalue weighted by Crippen LogP contribution is 2.42. The van der Waals surface area contributed by atoms with E-state index in [1.165, 1.54) is 7.11 Å². The van der Waals surface area contributed by atoms with E-state index in [0.29, 0.717) is 5.41 Å². The average molecular weight is 200 g/mol. The molecule has 0 spiro atoms. The van der Waals surface area contributed by atoms with Gasteiger partial charge in [0.25, 0.3) is 0 Å². The first-order chi connectivity index (χ1) is 6.44. The number of rotatable bonds is 3. The fourth-order valence-electron chi connectivity index (χ4n) is 2.24. The Labute approximate surface area is 85.5 Å². The molecule has 1 aliphatic rings. The van der Waals surface area contributed by atoms with Crippen LogP contribution in [0, 0.1) is 11.3 Å². The van der Waals surface area contributed by atoms with Gasteiger partial charge in [0.15, 0.2) is 0 Å². The summed E-state index contributed by atoms with van der Waals surface area (Å²) < 4.78 is 4.53. The second-order valence-corrected chi connectivity index (χ2v) is 5.01. The molecule has 1 unspecified atom stereocenters. The van der Waals surface area contributed by atoms with E-state index in [9.17, 15) is 9.90 Å². The second-order valence-electron chi connectivity index (χ2n) is 5.01. The van der Waals surface area contributed by atoms with Gasteiger partial charge in [0, 0.05) is 0 Å². The maximum atomic E-state index is 11.0. The summed E-state index contributed by atoms with van der Waals surface area (Å²) in [6.07, 6.45) is 2.77. The zero-order valence-corrected chi connectivity index (χ0v) is 9.25. The van der Waals surface area contributed by atoms with E-state index in [0.717, 1.165) is 19.3 Å². The van der Waals surface area contributed by atoms with Gasteiger partial charge in [0.2, 0.25) is 0 Å². The van der Waals surface area contributed by atoms with Crippen LogP contribution in [0.3, 0.4) is 0 Å². The Bertz CT molecular complexity index is 211. The van der Waals surface area contributed by atoms with Crippen LogP contribution in [0.2, 0.25) is 0 Å². The first kappa shape index (κ1) is 11.5. The van der Waals surface area contributed by atoms with Gasteiger partial charge >= 0.3 is 5.97 Å². The van der Waals surface area contributed by atoms with Gasteiger partial charge in [0.05, 0.1) is 19.6 Å². The molecule has 0 aromatic carbocycles. The Hall–Kier alpha value is -0.570. The van der Waals surface area contributed by atoms with E-state index >= 15 is 0 Å². The fraction of sp³-hybridized carbons (Fsp3) is 0.909. The third kappa shape index (κ3) is 2.98. The number of hydrogen-bond donors (Lipinski definition) is 1. The number of ether oxygens (including phenoxy) is 1.